The summed E-state index contributed by atoms with van der Waals surface area (Å²) >= 11 is 3.27. The zero-order valence-corrected chi connectivity index (χ0v) is 16.5. The van der Waals surface area contributed by atoms with Crippen molar-refractivity contribution in [1.29, 1.82) is 0 Å². The molecule has 0 aliphatic carbocycles. The molecule has 1 saturated heterocycles. The molecule has 1 aliphatic rings. The molecule has 0 saturated carbocycles. The maximum Gasteiger partial charge on any atom is 0.248 e. The largest absolute Gasteiger partial charge is 0.420 e. The Morgan fingerprint density at radius 2 is 2.15 bits per heavy atom. The number of carbonyl (C=O) groups excluding carboxylic acids is 1. The summed E-state index contributed by atoms with van der Waals surface area (Å²) in [6, 6.07) is 12.2. The van der Waals surface area contributed by atoms with Crippen molar-refractivity contribution >= 4 is 29.0 Å². The van der Waals surface area contributed by atoms with Gasteiger partial charge in [-0.1, -0.05) is 30.3 Å². The molecule has 1 unspecified atom stereocenters. The molecule has 3 heterocycles. The number of benzene rings is 1. The highest BCUT2D eigenvalue weighted by atomic mass is 32.2. The van der Waals surface area contributed by atoms with Crippen molar-refractivity contribution in [2.45, 2.75) is 24.5 Å². The Morgan fingerprint density at radius 1 is 1.26 bits per heavy atom. The molecule has 0 N–H and O–H groups in total. The van der Waals surface area contributed by atoms with Crippen LogP contribution in [0.2, 0.25) is 0 Å². The van der Waals surface area contributed by atoms with E-state index in [2.05, 4.69) is 22.3 Å². The van der Waals surface area contributed by atoms with Gasteiger partial charge < -0.3 is 9.32 Å². The Bertz CT molecular complexity index is 865. The van der Waals surface area contributed by atoms with Crippen LogP contribution in [0.15, 0.2) is 51.6 Å². The Labute approximate surface area is 166 Å². The first-order valence-corrected chi connectivity index (χ1v) is 11.1. The summed E-state index contributed by atoms with van der Waals surface area (Å²) in [6.45, 7) is 1.47. The molecule has 27 heavy (non-hydrogen) atoms. The number of hydrogen-bond donors (Lipinski definition) is 0. The summed E-state index contributed by atoms with van der Waals surface area (Å²) in [5, 5.41) is 12.4. The number of thioether (sulfide) groups is 1. The number of nitrogens with zero attached hydrogens (tertiary/aromatic N) is 3. The van der Waals surface area contributed by atoms with Gasteiger partial charge in [0.1, 0.15) is 0 Å². The molecular weight excluding hydrogens is 378 g/mol. The number of amides is 1. The molecule has 0 bridgehead atoms. The molecule has 3 aromatic rings. The van der Waals surface area contributed by atoms with Crippen molar-refractivity contribution in [3.8, 4) is 11.5 Å². The highest BCUT2D eigenvalue weighted by molar-refractivity contribution is 7.99. The third-order valence-electron chi connectivity index (χ3n) is 4.67. The van der Waals surface area contributed by atoms with E-state index in [1.54, 1.807) is 23.1 Å². The third kappa shape index (κ3) is 4.59. The molecule has 5 nitrogen and oxygen atoms in total. The molecule has 1 fully saturated rings. The Morgan fingerprint density at radius 3 is 2.96 bits per heavy atom. The molecule has 0 spiro atoms. The highest BCUT2D eigenvalue weighted by Gasteiger charge is 2.28. The van der Waals surface area contributed by atoms with Crippen molar-refractivity contribution in [3.05, 3.63) is 58.6 Å². The average molecular weight is 400 g/mol. The van der Waals surface area contributed by atoms with E-state index in [0.29, 0.717) is 24.1 Å². The van der Waals surface area contributed by atoms with Gasteiger partial charge in [0.15, 0.2) is 0 Å². The average Bonchev–Trinajstić information content (AvgIpc) is 3.40. The summed E-state index contributed by atoms with van der Waals surface area (Å²) in [5.41, 5.74) is 2.21. The van der Waals surface area contributed by atoms with Crippen LogP contribution >= 0.6 is 23.1 Å². The maximum atomic E-state index is 12.6. The number of aromatic nitrogens is 2. The van der Waals surface area contributed by atoms with Crippen LogP contribution in [0, 0.1) is 0 Å². The number of carbonyl (C=O) groups is 1. The van der Waals surface area contributed by atoms with Crippen LogP contribution in [0.1, 0.15) is 30.2 Å². The van der Waals surface area contributed by atoms with Crippen molar-refractivity contribution in [3.63, 3.8) is 0 Å². The van der Waals surface area contributed by atoms with Crippen molar-refractivity contribution < 1.29 is 9.21 Å². The molecule has 140 valence electrons. The van der Waals surface area contributed by atoms with Crippen LogP contribution in [-0.4, -0.2) is 39.8 Å². The van der Waals surface area contributed by atoms with Crippen molar-refractivity contribution in [1.82, 2.24) is 15.1 Å². The smallest absolute Gasteiger partial charge is 0.248 e. The second kappa shape index (κ2) is 8.71. The molecule has 1 aliphatic heterocycles. The standard InChI is InChI=1S/C20H21N3O2S2/c24-18(14-27-12-15-5-2-1-3-6-15)23-9-4-7-16(11-23)19-21-22-20(25-19)17-8-10-26-13-17/h1-3,5-6,8,10,13,16H,4,7,9,11-12,14H2. The van der Waals surface area contributed by atoms with E-state index in [1.165, 1.54) is 5.56 Å². The van der Waals surface area contributed by atoms with E-state index in [-0.39, 0.29) is 11.8 Å². The van der Waals surface area contributed by atoms with Crippen LogP contribution in [0.5, 0.6) is 0 Å². The van der Waals surface area contributed by atoms with Gasteiger partial charge in [-0.05, 0) is 29.9 Å². The molecule has 7 heteroatoms. The van der Waals surface area contributed by atoms with Gasteiger partial charge in [-0.3, -0.25) is 4.79 Å². The van der Waals surface area contributed by atoms with Gasteiger partial charge in [0.2, 0.25) is 17.7 Å². The summed E-state index contributed by atoms with van der Waals surface area (Å²) in [4.78, 5) is 14.5. The van der Waals surface area contributed by atoms with Gasteiger partial charge in [0.25, 0.3) is 0 Å². The van der Waals surface area contributed by atoms with Gasteiger partial charge in [-0.2, -0.15) is 11.3 Å². The van der Waals surface area contributed by atoms with Gasteiger partial charge in [0.05, 0.1) is 11.7 Å². The van der Waals surface area contributed by atoms with Crippen LogP contribution in [-0.2, 0) is 10.5 Å². The zero-order valence-electron chi connectivity index (χ0n) is 14.9. The van der Waals surface area contributed by atoms with E-state index >= 15 is 0 Å². The zero-order chi connectivity index (χ0) is 18.5. The minimum atomic E-state index is 0.127. The molecule has 1 atom stereocenters. The molecule has 1 amide bonds. The van der Waals surface area contributed by atoms with Gasteiger partial charge in [0, 0.05) is 29.8 Å². The number of hydrogen-bond acceptors (Lipinski definition) is 6. The normalized spacial score (nSPS) is 17.2. The summed E-state index contributed by atoms with van der Waals surface area (Å²) in [6.07, 6.45) is 1.95. The minimum Gasteiger partial charge on any atom is -0.420 e. The Balaban J connectivity index is 1.32. The number of thiophene rings is 1. The van der Waals surface area contributed by atoms with Gasteiger partial charge in [-0.25, -0.2) is 0 Å². The molecule has 0 radical (unpaired) electrons. The summed E-state index contributed by atoms with van der Waals surface area (Å²) in [7, 11) is 0. The number of piperidine rings is 1. The number of likely N-dealkylation sites (tertiary alicyclic amines) is 1. The van der Waals surface area contributed by atoms with E-state index in [0.717, 1.165) is 30.7 Å². The lowest BCUT2D eigenvalue weighted by atomic mass is 9.98. The predicted octanol–water partition coefficient (Wildman–Crippen LogP) is 4.44. The first-order chi connectivity index (χ1) is 13.3. The fraction of sp³-hybridized carbons (Fsp3) is 0.350. The molecular formula is C20H21N3O2S2. The van der Waals surface area contributed by atoms with Crippen molar-refractivity contribution in [2.75, 3.05) is 18.8 Å². The quantitative estimate of drug-likeness (QED) is 0.613. The fourth-order valence-corrected chi connectivity index (χ4v) is 4.75. The maximum absolute atomic E-state index is 12.6. The van der Waals surface area contributed by atoms with Crippen LogP contribution in [0.3, 0.4) is 0 Å². The van der Waals surface area contributed by atoms with E-state index in [4.69, 9.17) is 4.42 Å². The van der Waals surface area contributed by atoms with Crippen LogP contribution in [0.25, 0.3) is 11.5 Å². The topological polar surface area (TPSA) is 59.2 Å². The lowest BCUT2D eigenvalue weighted by Crippen LogP contribution is -2.40. The summed E-state index contributed by atoms with van der Waals surface area (Å²) in [5.74, 6) is 2.89. The molecule has 1 aromatic carbocycles. The molecule has 2 aromatic heterocycles. The highest BCUT2D eigenvalue weighted by Crippen LogP contribution is 2.29. The van der Waals surface area contributed by atoms with Gasteiger partial charge >= 0.3 is 0 Å². The van der Waals surface area contributed by atoms with E-state index < -0.39 is 0 Å². The lowest BCUT2D eigenvalue weighted by molar-refractivity contribution is -0.129. The van der Waals surface area contributed by atoms with E-state index in [9.17, 15) is 4.79 Å². The predicted molar refractivity (Wildman–Crippen MR) is 109 cm³/mol. The first kappa shape index (κ1) is 18.3. The monoisotopic (exact) mass is 399 g/mol. The second-order valence-electron chi connectivity index (χ2n) is 6.61. The first-order valence-electron chi connectivity index (χ1n) is 9.05. The Kier molecular flexibility index (Phi) is 5.89. The van der Waals surface area contributed by atoms with Crippen molar-refractivity contribution in [2.24, 2.45) is 0 Å². The minimum absolute atomic E-state index is 0.127. The fourth-order valence-electron chi connectivity index (χ4n) is 3.23. The third-order valence-corrected chi connectivity index (χ3v) is 6.34. The summed E-state index contributed by atoms with van der Waals surface area (Å²) < 4.78 is 5.88. The lowest BCUT2D eigenvalue weighted by Gasteiger charge is -2.31. The van der Waals surface area contributed by atoms with E-state index in [1.807, 2.05) is 39.9 Å². The second-order valence-corrected chi connectivity index (χ2v) is 8.38. The Hall–Kier alpha value is -2.12. The van der Waals surface area contributed by atoms with Crippen LogP contribution in [0.4, 0.5) is 0 Å². The number of rotatable bonds is 6. The van der Waals surface area contributed by atoms with Crippen LogP contribution < -0.4 is 0 Å². The van der Waals surface area contributed by atoms with Gasteiger partial charge in [-0.15, -0.1) is 22.0 Å². The SMILES string of the molecule is O=C(CSCc1ccccc1)N1CCCC(c2nnc(-c3ccsc3)o2)C1. The molecule has 4 rings (SSSR count).